The Kier molecular flexibility index (Phi) is 4.86. The Balaban J connectivity index is 1.53. The van der Waals surface area contributed by atoms with Crippen LogP contribution in [0.1, 0.15) is 58.2 Å². The lowest BCUT2D eigenvalue weighted by Crippen LogP contribution is -2.29. The van der Waals surface area contributed by atoms with Crippen LogP contribution in [0.15, 0.2) is 12.1 Å². The van der Waals surface area contributed by atoms with Gasteiger partial charge in [-0.05, 0) is 43.7 Å². The van der Waals surface area contributed by atoms with Crippen LogP contribution >= 0.6 is 11.6 Å². The lowest BCUT2D eigenvalue weighted by Gasteiger charge is -2.13. The molecule has 8 heteroatoms. The van der Waals surface area contributed by atoms with E-state index < -0.39 is 5.97 Å². The highest BCUT2D eigenvalue weighted by atomic mass is 35.5. The lowest BCUT2D eigenvalue weighted by molar-refractivity contribution is -0.122. The molecule has 1 amide bonds. The van der Waals surface area contributed by atoms with Gasteiger partial charge < -0.3 is 10.1 Å². The number of aryl methyl sites for hydroxylation is 2. The first-order chi connectivity index (χ1) is 13.1. The van der Waals surface area contributed by atoms with E-state index >= 15 is 0 Å². The summed E-state index contributed by atoms with van der Waals surface area (Å²) in [6.07, 6.45) is 4.37. The van der Waals surface area contributed by atoms with E-state index in [2.05, 4.69) is 15.4 Å². The fraction of sp³-hybridized carbons (Fsp3) is 0.474. The van der Waals surface area contributed by atoms with Gasteiger partial charge in [-0.25, -0.2) is 9.78 Å². The first kappa shape index (κ1) is 18.0. The Labute approximate surface area is 162 Å². The Morgan fingerprint density at radius 1 is 1.33 bits per heavy atom. The number of nitrogens with one attached hydrogen (secondary N) is 1. The van der Waals surface area contributed by atoms with Crippen molar-refractivity contribution in [3.8, 4) is 0 Å². The fourth-order valence-electron chi connectivity index (χ4n) is 3.98. The van der Waals surface area contributed by atoms with Crippen molar-refractivity contribution in [2.75, 3.05) is 7.11 Å². The third kappa shape index (κ3) is 3.32. The van der Waals surface area contributed by atoms with E-state index in [0.29, 0.717) is 22.8 Å². The van der Waals surface area contributed by atoms with Crippen molar-refractivity contribution >= 4 is 23.5 Å². The van der Waals surface area contributed by atoms with Crippen molar-refractivity contribution in [2.45, 2.75) is 51.1 Å². The molecule has 0 aromatic carbocycles. The summed E-state index contributed by atoms with van der Waals surface area (Å²) in [5, 5.41) is 7.86. The lowest BCUT2D eigenvalue weighted by atomic mass is 10.0. The monoisotopic (exact) mass is 388 g/mol. The van der Waals surface area contributed by atoms with Crippen LogP contribution in [0.3, 0.4) is 0 Å². The normalized spacial score (nSPS) is 17.9. The second kappa shape index (κ2) is 7.31. The minimum atomic E-state index is -0.401. The van der Waals surface area contributed by atoms with Crippen LogP contribution in [0.5, 0.6) is 0 Å². The highest BCUT2D eigenvalue weighted by Gasteiger charge is 2.31. The summed E-state index contributed by atoms with van der Waals surface area (Å²) in [6, 6.07) is 3.68. The smallest absolute Gasteiger partial charge is 0.341 e. The third-order valence-corrected chi connectivity index (χ3v) is 5.52. The van der Waals surface area contributed by atoms with Crippen molar-refractivity contribution in [1.29, 1.82) is 0 Å². The molecule has 0 bridgehead atoms. The Hall–Kier alpha value is -2.41. The summed E-state index contributed by atoms with van der Waals surface area (Å²) in [6.45, 7) is 0.974. The molecular weight excluding hydrogens is 368 g/mol. The molecule has 7 nitrogen and oxygen atoms in total. The van der Waals surface area contributed by atoms with E-state index in [9.17, 15) is 9.59 Å². The fourth-order valence-corrected chi connectivity index (χ4v) is 4.14. The van der Waals surface area contributed by atoms with E-state index in [4.69, 9.17) is 16.3 Å². The van der Waals surface area contributed by atoms with Crippen LogP contribution in [0.2, 0.25) is 5.15 Å². The number of methoxy groups -OCH3 is 1. The van der Waals surface area contributed by atoms with Gasteiger partial charge in [0.2, 0.25) is 5.91 Å². The van der Waals surface area contributed by atoms with Gasteiger partial charge in [0, 0.05) is 6.54 Å². The molecule has 0 saturated carbocycles. The highest BCUT2D eigenvalue weighted by Crippen LogP contribution is 2.32. The summed E-state index contributed by atoms with van der Waals surface area (Å²) >= 11 is 5.99. The van der Waals surface area contributed by atoms with Crippen molar-refractivity contribution in [2.24, 2.45) is 0 Å². The van der Waals surface area contributed by atoms with Crippen LogP contribution in [0.25, 0.3) is 0 Å². The Bertz CT molecular complexity index is 909. The minimum Gasteiger partial charge on any atom is -0.465 e. The molecule has 1 atom stereocenters. The molecule has 0 radical (unpaired) electrons. The molecule has 0 spiro atoms. The number of hydrogen-bond acceptors (Lipinski definition) is 5. The molecule has 2 aliphatic rings. The average Bonchev–Trinajstić information content (AvgIpc) is 3.26. The van der Waals surface area contributed by atoms with Gasteiger partial charge in [0.1, 0.15) is 10.7 Å². The standard InChI is InChI=1S/C19H21ClN4O3/c1-27-19(26)16-13(23-24-9-3-2-4-14(16)24)10-21-18(25)12-7-5-11-6-8-15(20)22-17(11)12/h6,8,12H,2-5,7,9-10H2,1H3,(H,21,25). The van der Waals surface area contributed by atoms with Gasteiger partial charge in [0.05, 0.1) is 36.7 Å². The van der Waals surface area contributed by atoms with Crippen LogP contribution in [-0.2, 0) is 35.5 Å². The molecule has 2 aromatic rings. The third-order valence-electron chi connectivity index (χ3n) is 5.31. The maximum atomic E-state index is 12.7. The number of pyridine rings is 1. The van der Waals surface area contributed by atoms with Gasteiger partial charge in [-0.15, -0.1) is 0 Å². The molecule has 142 valence electrons. The predicted molar refractivity (Wildman–Crippen MR) is 98.7 cm³/mol. The summed E-state index contributed by atoms with van der Waals surface area (Å²) in [5.41, 5.74) is 3.76. The number of aromatic nitrogens is 3. The number of nitrogens with zero attached hydrogens (tertiary/aromatic N) is 3. The molecular formula is C19H21ClN4O3. The molecule has 0 fully saturated rings. The minimum absolute atomic E-state index is 0.120. The summed E-state index contributed by atoms with van der Waals surface area (Å²) in [7, 11) is 1.36. The molecule has 4 rings (SSSR count). The largest absolute Gasteiger partial charge is 0.465 e. The summed E-state index contributed by atoms with van der Waals surface area (Å²) in [4.78, 5) is 29.3. The van der Waals surface area contributed by atoms with Crippen LogP contribution in [0.4, 0.5) is 0 Å². The maximum absolute atomic E-state index is 12.7. The Morgan fingerprint density at radius 3 is 3.00 bits per heavy atom. The van der Waals surface area contributed by atoms with Crippen molar-refractivity contribution in [3.63, 3.8) is 0 Å². The molecule has 27 heavy (non-hydrogen) atoms. The number of carbonyl (C=O) groups excluding carboxylic acids is 2. The quantitative estimate of drug-likeness (QED) is 0.642. The number of halogens is 1. The van der Waals surface area contributed by atoms with E-state index in [1.807, 2.05) is 10.7 Å². The number of amides is 1. The zero-order chi connectivity index (χ0) is 19.0. The van der Waals surface area contributed by atoms with Gasteiger partial charge in [-0.3, -0.25) is 9.48 Å². The Morgan fingerprint density at radius 2 is 2.19 bits per heavy atom. The first-order valence-corrected chi connectivity index (χ1v) is 9.56. The summed E-state index contributed by atoms with van der Waals surface area (Å²) in [5.74, 6) is -0.843. The van der Waals surface area contributed by atoms with Gasteiger partial charge in [-0.2, -0.15) is 5.10 Å². The van der Waals surface area contributed by atoms with E-state index in [-0.39, 0.29) is 18.4 Å². The topological polar surface area (TPSA) is 86.1 Å². The van der Waals surface area contributed by atoms with Gasteiger partial charge in [-0.1, -0.05) is 17.7 Å². The SMILES string of the molecule is COC(=O)c1c(CNC(=O)C2CCc3ccc(Cl)nc32)nn2c1CCCC2. The van der Waals surface area contributed by atoms with E-state index in [0.717, 1.165) is 49.2 Å². The number of esters is 1. The number of rotatable bonds is 4. The van der Waals surface area contributed by atoms with E-state index in [1.165, 1.54) is 7.11 Å². The van der Waals surface area contributed by atoms with Crippen LogP contribution in [-0.4, -0.2) is 33.8 Å². The second-order valence-electron chi connectivity index (χ2n) is 6.93. The molecule has 1 N–H and O–H groups in total. The van der Waals surface area contributed by atoms with Gasteiger partial charge in [0.15, 0.2) is 0 Å². The molecule has 1 aliphatic heterocycles. The molecule has 3 heterocycles. The predicted octanol–water partition coefficient (Wildman–Crippen LogP) is 2.40. The number of carbonyl (C=O) groups is 2. The van der Waals surface area contributed by atoms with Crippen molar-refractivity contribution in [3.05, 3.63) is 45.5 Å². The number of fused-ring (bicyclic) bond motifs is 2. The number of ether oxygens (including phenoxy) is 1. The molecule has 2 aromatic heterocycles. The zero-order valence-corrected chi connectivity index (χ0v) is 15.9. The van der Waals surface area contributed by atoms with Crippen LogP contribution in [0, 0.1) is 0 Å². The molecule has 0 saturated heterocycles. The van der Waals surface area contributed by atoms with Crippen molar-refractivity contribution in [1.82, 2.24) is 20.1 Å². The maximum Gasteiger partial charge on any atom is 0.341 e. The van der Waals surface area contributed by atoms with Crippen molar-refractivity contribution < 1.29 is 14.3 Å². The highest BCUT2D eigenvalue weighted by molar-refractivity contribution is 6.29. The van der Waals surface area contributed by atoms with Crippen LogP contribution < -0.4 is 5.32 Å². The summed E-state index contributed by atoms with van der Waals surface area (Å²) < 4.78 is 6.80. The molecule has 1 unspecified atom stereocenters. The average molecular weight is 389 g/mol. The van der Waals surface area contributed by atoms with Gasteiger partial charge in [0.25, 0.3) is 0 Å². The molecule has 1 aliphatic carbocycles. The van der Waals surface area contributed by atoms with E-state index in [1.54, 1.807) is 6.07 Å². The zero-order valence-electron chi connectivity index (χ0n) is 15.1. The number of hydrogen-bond donors (Lipinski definition) is 1. The first-order valence-electron chi connectivity index (χ1n) is 9.18. The van der Waals surface area contributed by atoms with Gasteiger partial charge >= 0.3 is 5.97 Å². The second-order valence-corrected chi connectivity index (χ2v) is 7.31.